The average Bonchev–Trinajstić information content (AvgIpc) is 3.32. The fourth-order valence-electron chi connectivity index (χ4n) is 4.18. The number of rotatable bonds is 4. The van der Waals surface area contributed by atoms with Gasteiger partial charge in [-0.15, -0.1) is 18.0 Å². The summed E-state index contributed by atoms with van der Waals surface area (Å²) in [7, 11) is 3.58. The van der Waals surface area contributed by atoms with E-state index in [9.17, 15) is 4.79 Å². The van der Waals surface area contributed by atoms with Crippen molar-refractivity contribution in [3.63, 3.8) is 0 Å². The normalized spacial score (nSPS) is 12.9. The first-order chi connectivity index (χ1) is 16.8. The zero-order valence-electron chi connectivity index (χ0n) is 18.9. The maximum Gasteiger partial charge on any atom is 0.251 e. The third-order valence-electron chi connectivity index (χ3n) is 6.03. The second-order valence-corrected chi connectivity index (χ2v) is 9.13. The maximum atomic E-state index is 12.8. The van der Waals surface area contributed by atoms with Crippen LogP contribution < -0.4 is 5.56 Å². The van der Waals surface area contributed by atoms with Crippen molar-refractivity contribution in [2.75, 3.05) is 0 Å². The van der Waals surface area contributed by atoms with Crippen LogP contribution in [0.4, 0.5) is 0 Å². The summed E-state index contributed by atoms with van der Waals surface area (Å²) in [6, 6.07) is 17.8. The van der Waals surface area contributed by atoms with E-state index < -0.39 is 4.87 Å². The van der Waals surface area contributed by atoms with Crippen LogP contribution in [-0.2, 0) is 19.0 Å². The molecule has 1 unspecified atom stereocenters. The van der Waals surface area contributed by atoms with E-state index in [4.69, 9.17) is 34.6 Å². The Balaban J connectivity index is 1.84. The number of halogens is 2. The van der Waals surface area contributed by atoms with Crippen LogP contribution in [0.1, 0.15) is 22.6 Å². The summed E-state index contributed by atoms with van der Waals surface area (Å²) in [6.45, 7) is 0. The zero-order valence-corrected chi connectivity index (χ0v) is 20.4. The van der Waals surface area contributed by atoms with Gasteiger partial charge in [0.2, 0.25) is 0 Å². The molecule has 5 rings (SSSR count). The van der Waals surface area contributed by atoms with Crippen molar-refractivity contribution in [2.24, 2.45) is 14.1 Å². The lowest BCUT2D eigenvalue weighted by molar-refractivity contribution is 0.729. The monoisotopic (exact) mass is 499 g/mol. The summed E-state index contributed by atoms with van der Waals surface area (Å²) in [6.07, 6.45) is 8.96. The number of hydrogen-bond acceptors (Lipinski definition) is 4. The van der Waals surface area contributed by atoms with Gasteiger partial charge in [0.15, 0.2) is 4.87 Å². The van der Waals surface area contributed by atoms with Crippen molar-refractivity contribution in [3.8, 4) is 23.6 Å². The van der Waals surface area contributed by atoms with Gasteiger partial charge in [0.25, 0.3) is 5.56 Å². The van der Waals surface area contributed by atoms with Crippen molar-refractivity contribution in [1.29, 1.82) is 0 Å². The van der Waals surface area contributed by atoms with Crippen molar-refractivity contribution < 1.29 is 0 Å². The highest BCUT2D eigenvalue weighted by atomic mass is 35.5. The number of hydrogen-bond donors (Lipinski definition) is 0. The predicted octanol–water partition coefficient (Wildman–Crippen LogP) is 4.89. The molecule has 0 bridgehead atoms. The van der Waals surface area contributed by atoms with Crippen LogP contribution in [0.25, 0.3) is 22.3 Å². The van der Waals surface area contributed by atoms with E-state index in [-0.39, 0.29) is 5.56 Å². The molecule has 0 amide bonds. The molecule has 0 saturated heterocycles. The Kier molecular flexibility index (Phi) is 5.68. The van der Waals surface area contributed by atoms with Gasteiger partial charge in [-0.05, 0) is 42.0 Å². The lowest BCUT2D eigenvalue weighted by Crippen LogP contribution is -2.27. The third kappa shape index (κ3) is 3.79. The highest BCUT2D eigenvalue weighted by Crippen LogP contribution is 2.43. The Labute approximate surface area is 211 Å². The summed E-state index contributed by atoms with van der Waals surface area (Å²) in [5.74, 6) is 2.54. The summed E-state index contributed by atoms with van der Waals surface area (Å²) >= 11 is 13.6. The van der Waals surface area contributed by atoms with E-state index in [0.29, 0.717) is 38.7 Å². The molecular formula is C27H19Cl2N5O. The lowest BCUT2D eigenvalue weighted by atomic mass is 9.90. The SMILES string of the molecule is C#Cc1cccc(-c2cc(=O)n(C)c3ccc(C(Cl)(c4ccc(Cl)cc4)c4cncn4C)nc23)n1. The molecule has 35 heavy (non-hydrogen) atoms. The van der Waals surface area contributed by atoms with E-state index >= 15 is 0 Å². The number of terminal acetylenes is 1. The van der Waals surface area contributed by atoms with Crippen molar-refractivity contribution in [1.82, 2.24) is 24.1 Å². The molecule has 6 nitrogen and oxygen atoms in total. The van der Waals surface area contributed by atoms with Crippen molar-refractivity contribution >= 4 is 34.2 Å². The minimum atomic E-state index is -1.18. The molecule has 1 aromatic carbocycles. The Bertz CT molecular complexity index is 1680. The second kappa shape index (κ2) is 8.70. The lowest BCUT2D eigenvalue weighted by Gasteiger charge is -2.28. The molecule has 4 aromatic heterocycles. The smallest absolute Gasteiger partial charge is 0.251 e. The van der Waals surface area contributed by atoms with E-state index in [1.165, 1.54) is 6.07 Å². The van der Waals surface area contributed by atoms with E-state index in [1.807, 2.05) is 35.9 Å². The van der Waals surface area contributed by atoms with Crippen LogP contribution in [0.5, 0.6) is 0 Å². The average molecular weight is 500 g/mol. The summed E-state index contributed by atoms with van der Waals surface area (Å²) in [5.41, 5.74) is 4.70. The number of aryl methyl sites for hydroxylation is 2. The maximum absolute atomic E-state index is 12.8. The fraction of sp³-hybridized carbons (Fsp3) is 0.111. The molecule has 8 heteroatoms. The Morgan fingerprint density at radius 3 is 2.49 bits per heavy atom. The number of fused-ring (bicyclic) bond motifs is 1. The van der Waals surface area contributed by atoms with Gasteiger partial charge >= 0.3 is 0 Å². The molecule has 4 heterocycles. The molecule has 172 valence electrons. The van der Waals surface area contributed by atoms with Crippen molar-refractivity contribution in [3.05, 3.63) is 111 Å². The van der Waals surface area contributed by atoms with Crippen LogP contribution in [0, 0.1) is 12.3 Å². The van der Waals surface area contributed by atoms with Gasteiger partial charge in [0.05, 0.1) is 40.6 Å². The number of pyridine rings is 3. The minimum absolute atomic E-state index is 0.184. The summed E-state index contributed by atoms with van der Waals surface area (Å²) in [5, 5.41) is 0.598. The number of alkyl halides is 1. The Hall–Kier alpha value is -3.92. The molecule has 0 radical (unpaired) electrons. The molecule has 1 atom stereocenters. The fourth-order valence-corrected chi connectivity index (χ4v) is 4.72. The first-order valence-electron chi connectivity index (χ1n) is 10.7. The van der Waals surface area contributed by atoms with Gasteiger partial charge in [0, 0.05) is 30.7 Å². The zero-order chi connectivity index (χ0) is 24.7. The Morgan fingerprint density at radius 1 is 1.03 bits per heavy atom. The summed E-state index contributed by atoms with van der Waals surface area (Å²) in [4.78, 5) is 25.4. The molecule has 0 spiro atoms. The first kappa shape index (κ1) is 22.9. The molecule has 0 aliphatic carbocycles. The minimum Gasteiger partial charge on any atom is -0.336 e. The number of nitrogens with zero attached hydrogens (tertiary/aromatic N) is 5. The van der Waals surface area contributed by atoms with Gasteiger partial charge in [-0.2, -0.15) is 0 Å². The summed E-state index contributed by atoms with van der Waals surface area (Å²) < 4.78 is 3.40. The van der Waals surface area contributed by atoms with Crippen LogP contribution in [0.3, 0.4) is 0 Å². The molecule has 0 aliphatic rings. The predicted molar refractivity (Wildman–Crippen MR) is 139 cm³/mol. The van der Waals surface area contributed by atoms with Gasteiger partial charge in [0.1, 0.15) is 5.69 Å². The van der Waals surface area contributed by atoms with Crippen molar-refractivity contribution in [2.45, 2.75) is 4.87 Å². The number of imidazole rings is 1. The van der Waals surface area contributed by atoms with Gasteiger partial charge in [-0.25, -0.2) is 15.0 Å². The largest absolute Gasteiger partial charge is 0.336 e. The molecule has 0 saturated carbocycles. The quantitative estimate of drug-likeness (QED) is 0.260. The van der Waals surface area contributed by atoms with Gasteiger partial charge < -0.3 is 9.13 Å². The first-order valence-corrected chi connectivity index (χ1v) is 11.5. The highest BCUT2D eigenvalue weighted by Gasteiger charge is 2.38. The molecular weight excluding hydrogens is 481 g/mol. The molecule has 5 aromatic rings. The van der Waals surface area contributed by atoms with Crippen LogP contribution >= 0.6 is 23.2 Å². The van der Waals surface area contributed by atoms with Gasteiger partial charge in [-0.1, -0.05) is 35.7 Å². The van der Waals surface area contributed by atoms with E-state index in [1.54, 1.807) is 54.5 Å². The third-order valence-corrected chi connectivity index (χ3v) is 6.88. The van der Waals surface area contributed by atoms with Crippen LogP contribution in [0.15, 0.2) is 78.0 Å². The van der Waals surface area contributed by atoms with E-state index in [0.717, 1.165) is 11.3 Å². The van der Waals surface area contributed by atoms with Crippen LogP contribution in [0.2, 0.25) is 5.02 Å². The van der Waals surface area contributed by atoms with Gasteiger partial charge in [-0.3, -0.25) is 4.79 Å². The number of benzene rings is 1. The molecule has 0 fully saturated rings. The van der Waals surface area contributed by atoms with Crippen LogP contribution in [-0.4, -0.2) is 24.1 Å². The Morgan fingerprint density at radius 2 is 1.80 bits per heavy atom. The highest BCUT2D eigenvalue weighted by molar-refractivity contribution is 6.31. The van der Waals surface area contributed by atoms with E-state index in [2.05, 4.69) is 15.9 Å². The number of aromatic nitrogens is 5. The second-order valence-electron chi connectivity index (χ2n) is 8.13. The molecule has 0 aliphatic heterocycles. The topological polar surface area (TPSA) is 65.6 Å². The molecule has 0 N–H and O–H groups in total. The standard InChI is InChI=1S/C27H19Cl2N5O/c1-4-19-6-5-7-21(31-19)20-14-25(35)34(3)22-12-13-23(32-26(20)22)27(29,24-15-30-16-33(24)2)17-8-10-18(28)11-9-17/h1,5-16H,2-3H3.